The summed E-state index contributed by atoms with van der Waals surface area (Å²) in [5, 5.41) is 18.8. The number of aliphatic imine (C=N–C) groups is 1. The molecule has 2 aromatic rings. The van der Waals surface area contributed by atoms with Crippen LogP contribution >= 0.6 is 0 Å². The van der Waals surface area contributed by atoms with Gasteiger partial charge < -0.3 is 14.9 Å². The molecule has 0 fully saturated rings. The van der Waals surface area contributed by atoms with Gasteiger partial charge in [0.15, 0.2) is 0 Å². The number of phenolic OH excluding ortho intramolecular Hbond substituents is 1. The number of carboxylic acid groups (broad SMARTS) is 1. The van der Waals surface area contributed by atoms with Gasteiger partial charge >= 0.3 is 5.97 Å². The quantitative estimate of drug-likeness (QED) is 0.838. The Hall–Kier alpha value is -2.82. The minimum Gasteiger partial charge on any atom is -0.507 e. The number of benzene rings is 2. The van der Waals surface area contributed by atoms with E-state index in [1.54, 1.807) is 30.3 Å². The number of ether oxygens (including phenoxy) is 1. The van der Waals surface area contributed by atoms with Crippen LogP contribution in [0.5, 0.6) is 11.5 Å². The van der Waals surface area contributed by atoms with Crippen molar-refractivity contribution in [2.75, 3.05) is 7.11 Å². The van der Waals surface area contributed by atoms with Crippen LogP contribution in [0.2, 0.25) is 0 Å². The zero-order chi connectivity index (χ0) is 14.5. The number of para-hydroxylation sites is 1. The van der Waals surface area contributed by atoms with E-state index in [2.05, 4.69) is 4.99 Å². The number of rotatable bonds is 4. The zero-order valence-corrected chi connectivity index (χ0v) is 10.8. The van der Waals surface area contributed by atoms with E-state index < -0.39 is 5.97 Å². The molecule has 2 N–H and O–H groups in total. The molecule has 20 heavy (non-hydrogen) atoms. The lowest BCUT2D eigenvalue weighted by molar-refractivity contribution is 0.0698. The molecule has 0 heterocycles. The zero-order valence-electron chi connectivity index (χ0n) is 10.8. The van der Waals surface area contributed by atoms with E-state index in [1.165, 1.54) is 25.5 Å². The number of aromatic carboxylic acids is 1. The Morgan fingerprint density at radius 3 is 2.70 bits per heavy atom. The van der Waals surface area contributed by atoms with Crippen molar-refractivity contribution in [1.82, 2.24) is 0 Å². The van der Waals surface area contributed by atoms with Crippen LogP contribution < -0.4 is 4.74 Å². The maximum absolute atomic E-state index is 11.1. The van der Waals surface area contributed by atoms with Crippen LogP contribution in [0.1, 0.15) is 15.9 Å². The molecule has 102 valence electrons. The number of nitrogens with zero attached hydrogens (tertiary/aromatic N) is 1. The molecule has 5 heteroatoms. The minimum atomic E-state index is -1.05. The maximum Gasteiger partial charge on any atom is 0.337 e. The van der Waals surface area contributed by atoms with Crippen LogP contribution in [0.15, 0.2) is 47.5 Å². The van der Waals surface area contributed by atoms with Gasteiger partial charge in [-0.1, -0.05) is 12.1 Å². The average Bonchev–Trinajstić information content (AvgIpc) is 2.46. The van der Waals surface area contributed by atoms with Crippen molar-refractivity contribution in [3.8, 4) is 11.5 Å². The Balaban J connectivity index is 2.37. The van der Waals surface area contributed by atoms with Gasteiger partial charge in [-0.15, -0.1) is 0 Å². The average molecular weight is 271 g/mol. The number of hydrogen-bond donors (Lipinski definition) is 2. The Morgan fingerprint density at radius 2 is 2.00 bits per heavy atom. The number of carbonyl (C=O) groups is 1. The first-order chi connectivity index (χ1) is 9.61. The normalized spacial score (nSPS) is 10.7. The second kappa shape index (κ2) is 5.88. The summed E-state index contributed by atoms with van der Waals surface area (Å²) in [4.78, 5) is 15.2. The monoisotopic (exact) mass is 271 g/mol. The summed E-state index contributed by atoms with van der Waals surface area (Å²) < 4.78 is 5.06. The number of methoxy groups -OCH3 is 1. The molecular weight excluding hydrogens is 258 g/mol. The molecule has 0 unspecified atom stereocenters. The molecule has 0 aliphatic rings. The van der Waals surface area contributed by atoms with Crippen LogP contribution in [-0.4, -0.2) is 29.5 Å². The number of carboxylic acids is 1. The lowest BCUT2D eigenvalue weighted by Gasteiger charge is -2.03. The van der Waals surface area contributed by atoms with E-state index in [4.69, 9.17) is 9.84 Å². The van der Waals surface area contributed by atoms with E-state index in [9.17, 15) is 9.90 Å². The lowest BCUT2D eigenvalue weighted by atomic mass is 10.1. The van der Waals surface area contributed by atoms with Gasteiger partial charge in [0.1, 0.15) is 11.5 Å². The van der Waals surface area contributed by atoms with Crippen molar-refractivity contribution in [2.24, 2.45) is 4.99 Å². The summed E-state index contributed by atoms with van der Waals surface area (Å²) in [5.41, 5.74) is 0.873. The fourth-order valence-electron chi connectivity index (χ4n) is 1.67. The standard InChI is InChI=1S/C15H13NO4/c1-20-11-6-7-14(17)10(8-11)9-16-13-5-3-2-4-12(13)15(18)19/h2-9,17H,1H3,(H,18,19). The van der Waals surface area contributed by atoms with Gasteiger partial charge in [-0.3, -0.25) is 4.99 Å². The van der Waals surface area contributed by atoms with Gasteiger partial charge in [0.2, 0.25) is 0 Å². The number of aromatic hydroxyl groups is 1. The smallest absolute Gasteiger partial charge is 0.337 e. The van der Waals surface area contributed by atoms with Crippen LogP contribution in [-0.2, 0) is 0 Å². The Morgan fingerprint density at radius 1 is 1.25 bits per heavy atom. The first kappa shape index (κ1) is 13.6. The highest BCUT2D eigenvalue weighted by atomic mass is 16.5. The molecule has 0 aliphatic carbocycles. The van der Waals surface area contributed by atoms with Gasteiger partial charge in [-0.2, -0.15) is 0 Å². The summed E-state index contributed by atoms with van der Waals surface area (Å²) >= 11 is 0. The third kappa shape index (κ3) is 2.95. The van der Waals surface area contributed by atoms with Gasteiger partial charge in [0.05, 0.1) is 18.4 Å². The highest BCUT2D eigenvalue weighted by Crippen LogP contribution is 2.23. The van der Waals surface area contributed by atoms with E-state index in [1.807, 2.05) is 0 Å². The Labute approximate surface area is 115 Å². The predicted octanol–water partition coefficient (Wildman–Crippen LogP) is 2.85. The SMILES string of the molecule is COc1ccc(O)c(C=Nc2ccccc2C(=O)O)c1. The number of hydrogen-bond acceptors (Lipinski definition) is 4. The van der Waals surface area contributed by atoms with E-state index in [0.717, 1.165) is 0 Å². The van der Waals surface area contributed by atoms with Crippen LogP contribution in [0.3, 0.4) is 0 Å². The Kier molecular flexibility index (Phi) is 4.00. The molecule has 0 radical (unpaired) electrons. The molecule has 0 aromatic heterocycles. The second-order valence-corrected chi connectivity index (χ2v) is 4.01. The Bertz CT molecular complexity index is 665. The van der Waals surface area contributed by atoms with Gasteiger partial charge in [0.25, 0.3) is 0 Å². The van der Waals surface area contributed by atoms with Crippen LogP contribution in [0, 0.1) is 0 Å². The largest absolute Gasteiger partial charge is 0.507 e. The molecule has 0 saturated heterocycles. The molecule has 2 rings (SSSR count). The molecule has 0 amide bonds. The maximum atomic E-state index is 11.1. The molecule has 0 atom stereocenters. The molecule has 5 nitrogen and oxygen atoms in total. The minimum absolute atomic E-state index is 0.0438. The van der Waals surface area contributed by atoms with E-state index >= 15 is 0 Å². The second-order valence-electron chi connectivity index (χ2n) is 4.01. The molecule has 0 aliphatic heterocycles. The molecule has 0 bridgehead atoms. The lowest BCUT2D eigenvalue weighted by Crippen LogP contribution is -1.96. The predicted molar refractivity (Wildman–Crippen MR) is 75.3 cm³/mol. The van der Waals surface area contributed by atoms with Crippen molar-refractivity contribution in [1.29, 1.82) is 0 Å². The summed E-state index contributed by atoms with van der Waals surface area (Å²) in [6.07, 6.45) is 1.40. The van der Waals surface area contributed by atoms with E-state index in [-0.39, 0.29) is 11.3 Å². The van der Waals surface area contributed by atoms with Crippen molar-refractivity contribution in [2.45, 2.75) is 0 Å². The molecule has 0 spiro atoms. The number of phenols is 1. The summed E-state index contributed by atoms with van der Waals surface area (Å²) in [5.74, 6) is -0.425. The fraction of sp³-hybridized carbons (Fsp3) is 0.0667. The third-order valence-corrected chi connectivity index (χ3v) is 2.71. The van der Waals surface area contributed by atoms with Gasteiger partial charge in [0, 0.05) is 11.8 Å². The fourth-order valence-corrected chi connectivity index (χ4v) is 1.67. The summed E-state index contributed by atoms with van der Waals surface area (Å²) in [6, 6.07) is 11.1. The van der Waals surface area contributed by atoms with Crippen molar-refractivity contribution >= 4 is 17.9 Å². The summed E-state index contributed by atoms with van der Waals surface area (Å²) in [6.45, 7) is 0. The first-order valence-corrected chi connectivity index (χ1v) is 5.85. The topological polar surface area (TPSA) is 79.1 Å². The molecular formula is C15H13NO4. The van der Waals surface area contributed by atoms with Crippen molar-refractivity contribution < 1.29 is 19.7 Å². The third-order valence-electron chi connectivity index (χ3n) is 2.71. The highest BCUT2D eigenvalue weighted by molar-refractivity contribution is 5.95. The first-order valence-electron chi connectivity index (χ1n) is 5.85. The molecule has 0 saturated carbocycles. The summed E-state index contributed by atoms with van der Waals surface area (Å²) in [7, 11) is 1.52. The van der Waals surface area contributed by atoms with Crippen molar-refractivity contribution in [3.63, 3.8) is 0 Å². The van der Waals surface area contributed by atoms with Crippen LogP contribution in [0.25, 0.3) is 0 Å². The van der Waals surface area contributed by atoms with Gasteiger partial charge in [-0.25, -0.2) is 4.79 Å². The van der Waals surface area contributed by atoms with Gasteiger partial charge in [-0.05, 0) is 30.3 Å². The van der Waals surface area contributed by atoms with E-state index in [0.29, 0.717) is 17.0 Å². The van der Waals surface area contributed by atoms with Crippen LogP contribution in [0.4, 0.5) is 5.69 Å². The van der Waals surface area contributed by atoms with Crippen molar-refractivity contribution in [3.05, 3.63) is 53.6 Å². The highest BCUT2D eigenvalue weighted by Gasteiger charge is 2.07. The molecule has 2 aromatic carbocycles.